The summed E-state index contributed by atoms with van der Waals surface area (Å²) in [6.45, 7) is 4.63. The molecule has 35 heavy (non-hydrogen) atoms. The molecule has 2 aromatic carbocycles. The van der Waals surface area contributed by atoms with Gasteiger partial charge in [0, 0.05) is 50.3 Å². The van der Waals surface area contributed by atoms with Crippen molar-refractivity contribution >= 4 is 71.0 Å². The number of morpholine rings is 1. The quantitative estimate of drug-likeness (QED) is 0.386. The van der Waals surface area contributed by atoms with Crippen LogP contribution >= 0.6 is 39.7 Å². The molecule has 0 bridgehead atoms. The molecule has 0 atom stereocenters. The topological polar surface area (TPSA) is 83.1 Å². The first-order valence-electron chi connectivity index (χ1n) is 11.0. The Hall–Kier alpha value is -1.60. The van der Waals surface area contributed by atoms with Gasteiger partial charge in [0.2, 0.25) is 10.0 Å². The second kappa shape index (κ2) is 12.1. The second-order valence-electron chi connectivity index (χ2n) is 8.18. The van der Waals surface area contributed by atoms with Crippen LogP contribution in [0.15, 0.2) is 51.8 Å². The number of amides is 1. The number of benzene rings is 2. The molecule has 1 aliphatic rings. The van der Waals surface area contributed by atoms with Crippen molar-refractivity contribution in [3.8, 4) is 0 Å². The zero-order valence-corrected chi connectivity index (χ0v) is 23.6. The standard InChI is InChI=1S/C23H27BrN4O4S2.ClH/c1-26(2)34(30,31)19-7-4-17(5-8-19)22(29)28(11-3-10-27-12-14-32-15-13-27)23-25-20-9-6-18(24)16-21(20)33-23;/h4-9,16H,3,10-15H2,1-2H3;1H. The fourth-order valence-corrected chi connectivity index (χ4v) is 6.14. The number of nitrogens with zero attached hydrogens (tertiary/aromatic N) is 4. The summed E-state index contributed by atoms with van der Waals surface area (Å²) < 4.78 is 33.3. The smallest absolute Gasteiger partial charge is 0.260 e. The van der Waals surface area contributed by atoms with E-state index in [1.165, 1.54) is 37.6 Å². The number of ether oxygens (including phenoxy) is 1. The second-order valence-corrected chi connectivity index (χ2v) is 12.3. The van der Waals surface area contributed by atoms with Crippen molar-refractivity contribution in [1.29, 1.82) is 0 Å². The summed E-state index contributed by atoms with van der Waals surface area (Å²) in [6, 6.07) is 11.9. The van der Waals surface area contributed by atoms with Crippen molar-refractivity contribution in [1.82, 2.24) is 14.2 Å². The minimum absolute atomic E-state index is 0. The molecule has 2 heterocycles. The van der Waals surface area contributed by atoms with Crippen molar-refractivity contribution in [2.75, 3.05) is 58.4 Å². The molecule has 8 nitrogen and oxygen atoms in total. The Morgan fingerprint density at radius 1 is 1.14 bits per heavy atom. The molecular formula is C23H28BrClN4O4S2. The minimum atomic E-state index is -3.56. The summed E-state index contributed by atoms with van der Waals surface area (Å²) in [5, 5.41) is 0.630. The maximum Gasteiger partial charge on any atom is 0.260 e. The van der Waals surface area contributed by atoms with Gasteiger partial charge in [-0.1, -0.05) is 27.3 Å². The summed E-state index contributed by atoms with van der Waals surface area (Å²) in [7, 11) is -0.597. The molecule has 1 amide bonds. The van der Waals surface area contributed by atoms with E-state index < -0.39 is 10.0 Å². The van der Waals surface area contributed by atoms with Gasteiger partial charge in [-0.2, -0.15) is 0 Å². The van der Waals surface area contributed by atoms with Crippen LogP contribution in [0, 0.1) is 0 Å². The molecule has 1 fully saturated rings. The Balaban J connectivity index is 0.00000342. The molecule has 190 valence electrons. The van der Waals surface area contributed by atoms with Gasteiger partial charge >= 0.3 is 0 Å². The molecule has 1 saturated heterocycles. The van der Waals surface area contributed by atoms with Gasteiger partial charge in [0.05, 0.1) is 28.3 Å². The van der Waals surface area contributed by atoms with Crippen molar-refractivity contribution in [2.45, 2.75) is 11.3 Å². The minimum Gasteiger partial charge on any atom is -0.379 e. The van der Waals surface area contributed by atoms with E-state index in [1.807, 2.05) is 18.2 Å². The molecule has 1 aromatic heterocycles. The molecular weight excluding hydrogens is 576 g/mol. The highest BCUT2D eigenvalue weighted by Crippen LogP contribution is 2.32. The lowest BCUT2D eigenvalue weighted by Gasteiger charge is -2.27. The number of carbonyl (C=O) groups excluding carboxylic acids is 1. The van der Waals surface area contributed by atoms with Crippen LogP contribution in [0.5, 0.6) is 0 Å². The Labute approximate surface area is 224 Å². The molecule has 12 heteroatoms. The van der Waals surface area contributed by atoms with Crippen molar-refractivity contribution < 1.29 is 17.9 Å². The van der Waals surface area contributed by atoms with Gasteiger partial charge in [0.1, 0.15) is 0 Å². The van der Waals surface area contributed by atoms with E-state index in [1.54, 1.807) is 17.0 Å². The monoisotopic (exact) mass is 602 g/mol. The summed E-state index contributed by atoms with van der Waals surface area (Å²) in [5.74, 6) is -0.200. The lowest BCUT2D eigenvalue weighted by molar-refractivity contribution is 0.0376. The van der Waals surface area contributed by atoms with E-state index >= 15 is 0 Å². The van der Waals surface area contributed by atoms with E-state index in [0.717, 1.165) is 58.3 Å². The highest BCUT2D eigenvalue weighted by molar-refractivity contribution is 9.10. The van der Waals surface area contributed by atoms with Crippen LogP contribution in [0.25, 0.3) is 10.2 Å². The van der Waals surface area contributed by atoms with Crippen LogP contribution < -0.4 is 4.90 Å². The third-order valence-electron chi connectivity index (χ3n) is 5.65. The molecule has 1 aliphatic heterocycles. The predicted molar refractivity (Wildman–Crippen MR) is 145 cm³/mol. The van der Waals surface area contributed by atoms with E-state index in [-0.39, 0.29) is 23.2 Å². The van der Waals surface area contributed by atoms with Crippen molar-refractivity contribution in [3.05, 3.63) is 52.5 Å². The van der Waals surface area contributed by atoms with E-state index in [4.69, 9.17) is 9.72 Å². The van der Waals surface area contributed by atoms with Gasteiger partial charge in [0.15, 0.2) is 5.13 Å². The number of anilines is 1. The molecule has 4 rings (SSSR count). The summed E-state index contributed by atoms with van der Waals surface area (Å²) in [4.78, 5) is 22.5. The number of hydrogen-bond acceptors (Lipinski definition) is 7. The molecule has 0 unspecified atom stereocenters. The van der Waals surface area contributed by atoms with Gasteiger partial charge < -0.3 is 4.74 Å². The molecule has 3 aromatic rings. The van der Waals surface area contributed by atoms with Crippen LogP contribution in [-0.2, 0) is 14.8 Å². The van der Waals surface area contributed by atoms with E-state index in [2.05, 4.69) is 20.8 Å². The number of aromatic nitrogens is 1. The maximum absolute atomic E-state index is 13.6. The third-order valence-corrected chi connectivity index (χ3v) is 9.02. The van der Waals surface area contributed by atoms with Gasteiger partial charge in [0.25, 0.3) is 5.91 Å². The maximum atomic E-state index is 13.6. The van der Waals surface area contributed by atoms with Gasteiger partial charge in [-0.25, -0.2) is 17.7 Å². The zero-order valence-electron chi connectivity index (χ0n) is 19.5. The highest BCUT2D eigenvalue weighted by atomic mass is 79.9. The summed E-state index contributed by atoms with van der Waals surface area (Å²) >= 11 is 4.96. The Morgan fingerprint density at radius 2 is 1.83 bits per heavy atom. The fraction of sp³-hybridized carbons (Fsp3) is 0.391. The molecule has 0 radical (unpaired) electrons. The number of rotatable bonds is 8. The van der Waals surface area contributed by atoms with Crippen LogP contribution in [-0.4, -0.2) is 82.0 Å². The largest absolute Gasteiger partial charge is 0.379 e. The number of carbonyl (C=O) groups is 1. The van der Waals surface area contributed by atoms with Crippen LogP contribution in [0.3, 0.4) is 0 Å². The number of hydrogen-bond donors (Lipinski definition) is 0. The molecule has 0 spiro atoms. The number of fused-ring (bicyclic) bond motifs is 1. The van der Waals surface area contributed by atoms with Crippen LogP contribution in [0.4, 0.5) is 5.13 Å². The third kappa shape index (κ3) is 6.59. The Kier molecular flexibility index (Phi) is 9.67. The normalized spacial score (nSPS) is 14.7. The summed E-state index contributed by atoms with van der Waals surface area (Å²) in [5.41, 5.74) is 1.26. The van der Waals surface area contributed by atoms with Gasteiger partial charge in [-0.3, -0.25) is 14.6 Å². The van der Waals surface area contributed by atoms with Gasteiger partial charge in [-0.15, -0.1) is 12.4 Å². The van der Waals surface area contributed by atoms with Gasteiger partial charge in [-0.05, 0) is 48.9 Å². The first-order chi connectivity index (χ1) is 16.3. The van der Waals surface area contributed by atoms with Crippen molar-refractivity contribution in [2.24, 2.45) is 0 Å². The van der Waals surface area contributed by atoms with Crippen LogP contribution in [0.1, 0.15) is 16.8 Å². The lowest BCUT2D eigenvalue weighted by Crippen LogP contribution is -2.39. The Bertz CT molecular complexity index is 1260. The Morgan fingerprint density at radius 3 is 2.49 bits per heavy atom. The average molecular weight is 604 g/mol. The van der Waals surface area contributed by atoms with Crippen LogP contribution in [0.2, 0.25) is 0 Å². The first kappa shape index (κ1) is 28.0. The molecule has 0 N–H and O–H groups in total. The van der Waals surface area contributed by atoms with Crippen molar-refractivity contribution in [3.63, 3.8) is 0 Å². The molecule has 0 aliphatic carbocycles. The fourth-order valence-electron chi connectivity index (χ4n) is 3.70. The predicted octanol–water partition coefficient (Wildman–Crippen LogP) is 4.10. The number of halogens is 2. The first-order valence-corrected chi connectivity index (χ1v) is 14.0. The zero-order chi connectivity index (χ0) is 24.3. The highest BCUT2D eigenvalue weighted by Gasteiger charge is 2.23. The van der Waals surface area contributed by atoms with E-state index in [9.17, 15) is 13.2 Å². The SMILES string of the molecule is CN(C)S(=O)(=O)c1ccc(C(=O)N(CCCN2CCOCC2)c2nc3ccc(Br)cc3s2)cc1.Cl. The molecule has 0 saturated carbocycles. The lowest BCUT2D eigenvalue weighted by atomic mass is 10.2. The van der Waals surface area contributed by atoms with E-state index in [0.29, 0.717) is 17.2 Å². The number of sulfonamides is 1. The summed E-state index contributed by atoms with van der Waals surface area (Å²) in [6.07, 6.45) is 0.790. The number of thiazole rings is 1. The average Bonchev–Trinajstić information content (AvgIpc) is 3.25.